The van der Waals surface area contributed by atoms with Gasteiger partial charge in [-0.1, -0.05) is 20.8 Å². The Bertz CT molecular complexity index is 1040. The highest BCUT2D eigenvalue weighted by molar-refractivity contribution is 6.02. The second-order valence-corrected chi connectivity index (χ2v) is 7.41. The largest absolute Gasteiger partial charge is 0.456 e. The number of aromatic nitrogens is 4. The highest BCUT2D eigenvalue weighted by atomic mass is 16.5. The van der Waals surface area contributed by atoms with Crippen LogP contribution < -0.4 is 15.4 Å². The van der Waals surface area contributed by atoms with Gasteiger partial charge < -0.3 is 4.74 Å². The molecule has 0 radical (unpaired) electrons. The molecule has 0 saturated carbocycles. The Labute approximate surface area is 174 Å². The van der Waals surface area contributed by atoms with Crippen LogP contribution in [0.2, 0.25) is 0 Å². The van der Waals surface area contributed by atoms with Crippen LogP contribution in [0.4, 0.5) is 10.6 Å². The molecule has 2 N–H and O–H groups in total. The van der Waals surface area contributed by atoms with Crippen molar-refractivity contribution in [2.75, 3.05) is 5.32 Å². The lowest BCUT2D eigenvalue weighted by molar-refractivity contribution is -0.128. The molecule has 0 atom stereocenters. The lowest BCUT2D eigenvalue weighted by Crippen LogP contribution is -2.42. The minimum Gasteiger partial charge on any atom is -0.456 e. The number of hydrogen-bond acceptors (Lipinski definition) is 6. The Hall–Kier alpha value is -3.75. The molecule has 0 spiro atoms. The molecule has 156 valence electrons. The molecule has 9 nitrogen and oxygen atoms in total. The number of ether oxygens (including phenoxy) is 1. The van der Waals surface area contributed by atoms with Gasteiger partial charge in [0.15, 0.2) is 0 Å². The van der Waals surface area contributed by atoms with Gasteiger partial charge in [0.25, 0.3) is 0 Å². The van der Waals surface area contributed by atoms with Gasteiger partial charge in [0.1, 0.15) is 17.3 Å². The molecule has 3 aromatic heterocycles. The van der Waals surface area contributed by atoms with E-state index in [9.17, 15) is 9.59 Å². The smallest absolute Gasteiger partial charge is 0.327 e. The first-order valence-corrected chi connectivity index (χ1v) is 9.48. The maximum atomic E-state index is 12.1. The van der Waals surface area contributed by atoms with Crippen molar-refractivity contribution in [1.82, 2.24) is 25.1 Å². The first-order valence-electron chi connectivity index (χ1n) is 9.48. The first-order chi connectivity index (χ1) is 14.3. The van der Waals surface area contributed by atoms with E-state index in [1.807, 2.05) is 20.2 Å². The minimum atomic E-state index is -0.627. The summed E-state index contributed by atoms with van der Waals surface area (Å²) in [5.74, 6) is 1.04. The number of rotatable bonds is 6. The van der Waals surface area contributed by atoms with E-state index in [0.717, 1.165) is 11.3 Å². The predicted octanol–water partition coefficient (Wildman–Crippen LogP) is 3.75. The lowest BCUT2D eigenvalue weighted by atomic mass is 9.89. The van der Waals surface area contributed by atoms with Gasteiger partial charge in [-0.3, -0.25) is 25.1 Å². The molecule has 3 rings (SSSR count). The van der Waals surface area contributed by atoms with Gasteiger partial charge in [0.05, 0.1) is 18.1 Å². The van der Waals surface area contributed by atoms with Crippen LogP contribution in [0.15, 0.2) is 49.1 Å². The molecule has 0 aliphatic rings. The maximum Gasteiger partial charge on any atom is 0.327 e. The van der Waals surface area contributed by atoms with Gasteiger partial charge in [-0.15, -0.1) is 0 Å². The monoisotopic (exact) mass is 408 g/mol. The van der Waals surface area contributed by atoms with Crippen molar-refractivity contribution in [1.29, 1.82) is 0 Å². The van der Waals surface area contributed by atoms with Crippen LogP contribution in [0.1, 0.15) is 27.2 Å². The summed E-state index contributed by atoms with van der Waals surface area (Å²) < 4.78 is 7.52. The molecule has 0 aromatic carbocycles. The van der Waals surface area contributed by atoms with Crippen LogP contribution in [0.25, 0.3) is 11.3 Å². The van der Waals surface area contributed by atoms with E-state index in [1.54, 1.807) is 55.2 Å². The van der Waals surface area contributed by atoms with Crippen LogP contribution in [0.3, 0.4) is 0 Å². The van der Waals surface area contributed by atoms with Crippen molar-refractivity contribution in [3.63, 3.8) is 0 Å². The Kier molecular flexibility index (Phi) is 6.10. The summed E-state index contributed by atoms with van der Waals surface area (Å²) >= 11 is 0. The molecule has 30 heavy (non-hydrogen) atoms. The zero-order valence-corrected chi connectivity index (χ0v) is 17.3. The Balaban J connectivity index is 1.61. The fraction of sp³-hybridized carbons (Fsp3) is 0.286. The topological polar surface area (TPSA) is 111 Å². The van der Waals surface area contributed by atoms with E-state index >= 15 is 0 Å². The van der Waals surface area contributed by atoms with Crippen molar-refractivity contribution in [2.45, 2.75) is 27.2 Å². The third kappa shape index (κ3) is 5.19. The Morgan fingerprint density at radius 3 is 2.57 bits per heavy atom. The van der Waals surface area contributed by atoms with E-state index in [-0.39, 0.29) is 5.91 Å². The fourth-order valence-electron chi connectivity index (χ4n) is 2.42. The van der Waals surface area contributed by atoms with Gasteiger partial charge in [0.2, 0.25) is 5.91 Å². The van der Waals surface area contributed by atoms with Crippen molar-refractivity contribution in [2.24, 2.45) is 12.5 Å². The second kappa shape index (κ2) is 8.73. The summed E-state index contributed by atoms with van der Waals surface area (Å²) in [5, 5.41) is 9.00. The molecular weight excluding hydrogens is 384 g/mol. The lowest BCUT2D eigenvalue weighted by Gasteiger charge is -2.20. The van der Waals surface area contributed by atoms with E-state index < -0.39 is 11.4 Å². The molecule has 0 aliphatic heterocycles. The number of aryl methyl sites for hydroxylation is 1. The summed E-state index contributed by atoms with van der Waals surface area (Å²) in [6.45, 7) is 5.44. The zero-order valence-electron chi connectivity index (χ0n) is 17.3. The van der Waals surface area contributed by atoms with Gasteiger partial charge in [-0.25, -0.2) is 9.78 Å². The van der Waals surface area contributed by atoms with Crippen molar-refractivity contribution >= 4 is 17.8 Å². The quantitative estimate of drug-likeness (QED) is 0.642. The third-order valence-electron chi connectivity index (χ3n) is 4.67. The molecule has 0 saturated heterocycles. The molecule has 3 heterocycles. The fourth-order valence-corrected chi connectivity index (χ4v) is 2.42. The van der Waals surface area contributed by atoms with Crippen LogP contribution in [0.5, 0.6) is 11.5 Å². The standard InChI is InChI=1S/C21H24N6O3/c1-5-21(2,3)19(28)26-20(29)25-18-7-6-16(12-23-18)30-15-8-9-22-17(10-15)14-11-24-27(4)13-14/h6-13H,5H2,1-4H3,(H2,23,25,26,28,29). The van der Waals surface area contributed by atoms with Gasteiger partial charge in [-0.2, -0.15) is 5.10 Å². The van der Waals surface area contributed by atoms with Gasteiger partial charge in [0, 0.05) is 36.5 Å². The number of nitrogens with zero attached hydrogens (tertiary/aromatic N) is 4. The molecule has 3 amide bonds. The van der Waals surface area contributed by atoms with Crippen LogP contribution in [-0.2, 0) is 11.8 Å². The number of imide groups is 1. The number of urea groups is 1. The van der Waals surface area contributed by atoms with Gasteiger partial charge in [-0.05, 0) is 24.6 Å². The first kappa shape index (κ1) is 21.0. The van der Waals surface area contributed by atoms with Crippen LogP contribution in [-0.4, -0.2) is 31.7 Å². The molecule has 3 aromatic rings. The molecule has 0 bridgehead atoms. The van der Waals surface area contributed by atoms with Crippen LogP contribution in [0, 0.1) is 5.41 Å². The van der Waals surface area contributed by atoms with E-state index in [2.05, 4.69) is 25.7 Å². The number of carbonyl (C=O) groups is 2. The number of nitrogens with one attached hydrogen (secondary N) is 2. The minimum absolute atomic E-state index is 0.299. The predicted molar refractivity (Wildman–Crippen MR) is 112 cm³/mol. The number of hydrogen-bond donors (Lipinski definition) is 2. The molecule has 0 aliphatic carbocycles. The second-order valence-electron chi connectivity index (χ2n) is 7.41. The van der Waals surface area contributed by atoms with Crippen molar-refractivity contribution < 1.29 is 14.3 Å². The summed E-state index contributed by atoms with van der Waals surface area (Å²) in [7, 11) is 1.84. The Morgan fingerprint density at radius 2 is 1.93 bits per heavy atom. The average molecular weight is 408 g/mol. The number of pyridine rings is 2. The summed E-state index contributed by atoms with van der Waals surface area (Å²) in [6, 6.07) is 6.18. The molecule has 9 heteroatoms. The van der Waals surface area contributed by atoms with Crippen LogP contribution >= 0.6 is 0 Å². The maximum absolute atomic E-state index is 12.1. The molecular formula is C21H24N6O3. The summed E-state index contributed by atoms with van der Waals surface area (Å²) in [6.07, 6.45) is 7.35. The number of anilines is 1. The highest BCUT2D eigenvalue weighted by Crippen LogP contribution is 2.25. The average Bonchev–Trinajstić information content (AvgIpc) is 3.16. The molecule has 0 fully saturated rings. The SMILES string of the molecule is CCC(C)(C)C(=O)NC(=O)Nc1ccc(Oc2ccnc(-c3cnn(C)c3)c2)cn1. The van der Waals surface area contributed by atoms with Crippen molar-refractivity contribution in [3.8, 4) is 22.8 Å². The van der Waals surface area contributed by atoms with Crippen molar-refractivity contribution in [3.05, 3.63) is 49.1 Å². The third-order valence-corrected chi connectivity index (χ3v) is 4.67. The summed E-state index contributed by atoms with van der Waals surface area (Å²) in [5.41, 5.74) is 0.998. The summed E-state index contributed by atoms with van der Waals surface area (Å²) in [4.78, 5) is 32.5. The highest BCUT2D eigenvalue weighted by Gasteiger charge is 2.26. The van der Waals surface area contributed by atoms with E-state index in [0.29, 0.717) is 23.7 Å². The molecule has 0 unspecified atom stereocenters. The normalized spacial score (nSPS) is 11.1. The zero-order chi connectivity index (χ0) is 21.7. The number of carbonyl (C=O) groups excluding carboxylic acids is 2. The van der Waals surface area contributed by atoms with E-state index in [1.165, 1.54) is 6.20 Å². The Morgan fingerprint density at radius 1 is 1.13 bits per heavy atom. The van der Waals surface area contributed by atoms with Gasteiger partial charge >= 0.3 is 6.03 Å². The van der Waals surface area contributed by atoms with E-state index in [4.69, 9.17) is 4.74 Å². The number of amides is 3.